The minimum Gasteiger partial charge on any atom is -0.389 e. The van der Waals surface area contributed by atoms with E-state index in [4.69, 9.17) is 5.11 Å². The van der Waals surface area contributed by atoms with Crippen molar-refractivity contribution in [3.63, 3.8) is 0 Å². The average Bonchev–Trinajstić information content (AvgIpc) is 2.26. The predicted molar refractivity (Wildman–Crippen MR) is 63.0 cm³/mol. The van der Waals surface area contributed by atoms with Gasteiger partial charge in [0.2, 0.25) is 5.91 Å². The molecule has 2 rings (SSSR count). The Hall–Kier alpha value is -1.07. The Bertz CT molecular complexity index is 352. The molecule has 0 aromatic carbocycles. The van der Waals surface area contributed by atoms with Crippen molar-refractivity contribution in [2.75, 3.05) is 18.8 Å². The summed E-state index contributed by atoms with van der Waals surface area (Å²) in [7, 11) is 0. The van der Waals surface area contributed by atoms with E-state index in [1.807, 2.05) is 18.3 Å². The summed E-state index contributed by atoms with van der Waals surface area (Å²) in [4.78, 5) is 17.2. The van der Waals surface area contributed by atoms with Gasteiger partial charge in [-0.3, -0.25) is 9.78 Å². The van der Waals surface area contributed by atoms with E-state index in [0.717, 1.165) is 11.3 Å². The van der Waals surface area contributed by atoms with Gasteiger partial charge in [-0.25, -0.2) is 0 Å². The second-order valence-electron chi connectivity index (χ2n) is 3.81. The normalized spacial score (nSPS) is 15.9. The number of β-amino-alcohol motifs (C(OH)–C–C–N with tert-alkyl or cyclic N) is 1. The van der Waals surface area contributed by atoms with Gasteiger partial charge in [-0.2, -0.15) is 0 Å². The molecule has 16 heavy (non-hydrogen) atoms. The summed E-state index contributed by atoms with van der Waals surface area (Å²) in [5, 5.41) is 9.06. The average molecular weight is 238 g/mol. The van der Waals surface area contributed by atoms with Gasteiger partial charge < -0.3 is 10.0 Å². The first-order chi connectivity index (χ1) is 7.75. The molecule has 0 bridgehead atoms. The lowest BCUT2D eigenvalue weighted by atomic mass is 10.2. The van der Waals surface area contributed by atoms with Crippen LogP contribution in [0.25, 0.3) is 0 Å². The van der Waals surface area contributed by atoms with Crippen LogP contribution in [0.4, 0.5) is 0 Å². The third kappa shape index (κ3) is 2.96. The highest BCUT2D eigenvalue weighted by Crippen LogP contribution is 2.14. The van der Waals surface area contributed by atoms with Crippen molar-refractivity contribution in [2.45, 2.75) is 11.9 Å². The molecule has 86 valence electrons. The maximum Gasteiger partial charge on any atom is 0.232 e. The van der Waals surface area contributed by atoms with Gasteiger partial charge in [-0.1, -0.05) is 6.07 Å². The molecular formula is C11H14N2O2S. The van der Waals surface area contributed by atoms with Crippen LogP contribution in [0.5, 0.6) is 0 Å². The molecule has 0 unspecified atom stereocenters. The lowest BCUT2D eigenvalue weighted by Crippen LogP contribution is -2.54. The van der Waals surface area contributed by atoms with Crippen LogP contribution in [0.2, 0.25) is 0 Å². The maximum absolute atomic E-state index is 11.5. The van der Waals surface area contributed by atoms with Gasteiger partial charge in [0.15, 0.2) is 0 Å². The molecule has 1 aromatic heterocycles. The van der Waals surface area contributed by atoms with E-state index in [1.54, 1.807) is 22.9 Å². The first-order valence-electron chi connectivity index (χ1n) is 5.18. The molecule has 0 saturated carbocycles. The van der Waals surface area contributed by atoms with Crippen LogP contribution in [0.3, 0.4) is 0 Å². The predicted octanol–water partition coefficient (Wildman–Crippen LogP) is 0.518. The Morgan fingerprint density at radius 3 is 3.06 bits per heavy atom. The van der Waals surface area contributed by atoms with E-state index >= 15 is 0 Å². The molecule has 0 radical (unpaired) electrons. The number of rotatable bonds is 4. The molecule has 0 atom stereocenters. The summed E-state index contributed by atoms with van der Waals surface area (Å²) in [6.07, 6.45) is 3.23. The molecule has 1 N–H and O–H groups in total. The van der Waals surface area contributed by atoms with Gasteiger partial charge in [-0.05, 0) is 11.6 Å². The molecule has 2 heterocycles. The Morgan fingerprint density at radius 2 is 2.44 bits per heavy atom. The standard InChI is InChI=1S/C11H14N2O2S/c14-10-5-13(6-10)11(15)8-16-7-9-2-1-3-12-4-9/h1-4,10,14H,5-8H2. The Morgan fingerprint density at radius 1 is 1.62 bits per heavy atom. The zero-order valence-electron chi connectivity index (χ0n) is 8.87. The number of aliphatic hydroxyl groups excluding tert-OH is 1. The van der Waals surface area contributed by atoms with E-state index in [9.17, 15) is 4.79 Å². The fourth-order valence-electron chi connectivity index (χ4n) is 1.49. The van der Waals surface area contributed by atoms with Crippen LogP contribution in [0, 0.1) is 0 Å². The molecule has 4 nitrogen and oxygen atoms in total. The second-order valence-corrected chi connectivity index (χ2v) is 4.79. The zero-order chi connectivity index (χ0) is 11.4. The second kappa shape index (κ2) is 5.32. The molecule has 5 heteroatoms. The molecule has 1 fully saturated rings. The first kappa shape index (κ1) is 11.4. The maximum atomic E-state index is 11.5. The highest BCUT2D eigenvalue weighted by Gasteiger charge is 2.28. The zero-order valence-corrected chi connectivity index (χ0v) is 9.69. The highest BCUT2D eigenvalue weighted by molar-refractivity contribution is 7.99. The monoisotopic (exact) mass is 238 g/mol. The largest absolute Gasteiger partial charge is 0.389 e. The number of hydrogen-bond acceptors (Lipinski definition) is 4. The fourth-order valence-corrected chi connectivity index (χ4v) is 2.36. The summed E-state index contributed by atoms with van der Waals surface area (Å²) in [6.45, 7) is 0.985. The number of likely N-dealkylation sites (tertiary alicyclic amines) is 1. The van der Waals surface area contributed by atoms with Crippen molar-refractivity contribution in [3.05, 3.63) is 30.1 Å². The number of aromatic nitrogens is 1. The van der Waals surface area contributed by atoms with Crippen LogP contribution < -0.4 is 0 Å². The Balaban J connectivity index is 1.67. The first-order valence-corrected chi connectivity index (χ1v) is 6.33. The molecule has 1 aromatic rings. The number of hydrogen-bond donors (Lipinski definition) is 1. The van der Waals surface area contributed by atoms with Crippen LogP contribution >= 0.6 is 11.8 Å². The summed E-state index contributed by atoms with van der Waals surface area (Å²) >= 11 is 1.58. The van der Waals surface area contributed by atoms with Gasteiger partial charge in [0.1, 0.15) is 0 Å². The summed E-state index contributed by atoms with van der Waals surface area (Å²) in [6, 6.07) is 3.89. The smallest absolute Gasteiger partial charge is 0.232 e. The minimum atomic E-state index is -0.313. The number of thioether (sulfide) groups is 1. The lowest BCUT2D eigenvalue weighted by Gasteiger charge is -2.35. The quantitative estimate of drug-likeness (QED) is 0.831. The van der Waals surface area contributed by atoms with Gasteiger partial charge in [0.25, 0.3) is 0 Å². The van der Waals surface area contributed by atoms with Crippen LogP contribution in [-0.4, -0.2) is 45.8 Å². The number of aliphatic hydroxyl groups is 1. The van der Waals surface area contributed by atoms with Gasteiger partial charge >= 0.3 is 0 Å². The van der Waals surface area contributed by atoms with E-state index in [0.29, 0.717) is 18.8 Å². The molecule has 0 aliphatic carbocycles. The number of nitrogens with zero attached hydrogens (tertiary/aromatic N) is 2. The Labute approximate surface area is 98.7 Å². The van der Waals surface area contributed by atoms with Crippen molar-refractivity contribution < 1.29 is 9.90 Å². The van der Waals surface area contributed by atoms with Crippen molar-refractivity contribution in [3.8, 4) is 0 Å². The summed E-state index contributed by atoms with van der Waals surface area (Å²) in [5.41, 5.74) is 1.13. The van der Waals surface area contributed by atoms with E-state index < -0.39 is 0 Å². The number of pyridine rings is 1. The number of amides is 1. The SMILES string of the molecule is O=C(CSCc1cccnc1)N1CC(O)C1. The van der Waals surface area contributed by atoms with Crippen molar-refractivity contribution in [1.82, 2.24) is 9.88 Å². The van der Waals surface area contributed by atoms with E-state index in [1.165, 1.54) is 0 Å². The van der Waals surface area contributed by atoms with Crippen LogP contribution in [-0.2, 0) is 10.5 Å². The van der Waals surface area contributed by atoms with E-state index in [2.05, 4.69) is 4.98 Å². The lowest BCUT2D eigenvalue weighted by molar-refractivity contribution is -0.138. The highest BCUT2D eigenvalue weighted by atomic mass is 32.2. The van der Waals surface area contributed by atoms with Gasteiger partial charge in [-0.15, -0.1) is 11.8 Å². The third-order valence-electron chi connectivity index (χ3n) is 2.43. The van der Waals surface area contributed by atoms with Crippen molar-refractivity contribution in [2.24, 2.45) is 0 Å². The Kier molecular flexibility index (Phi) is 3.79. The minimum absolute atomic E-state index is 0.110. The van der Waals surface area contributed by atoms with E-state index in [-0.39, 0.29) is 12.0 Å². The fraction of sp³-hybridized carbons (Fsp3) is 0.455. The third-order valence-corrected chi connectivity index (χ3v) is 3.42. The molecule has 1 aliphatic heterocycles. The number of carbonyl (C=O) groups excluding carboxylic acids is 1. The molecule has 0 spiro atoms. The molecule has 1 saturated heterocycles. The number of carbonyl (C=O) groups is 1. The van der Waals surface area contributed by atoms with Crippen molar-refractivity contribution >= 4 is 17.7 Å². The van der Waals surface area contributed by atoms with Crippen LogP contribution in [0.15, 0.2) is 24.5 Å². The summed E-state index contributed by atoms with van der Waals surface area (Å²) < 4.78 is 0. The molecular weight excluding hydrogens is 224 g/mol. The van der Waals surface area contributed by atoms with Gasteiger partial charge in [0.05, 0.1) is 11.9 Å². The summed E-state index contributed by atoms with van der Waals surface area (Å²) in [5.74, 6) is 1.39. The van der Waals surface area contributed by atoms with Crippen LogP contribution in [0.1, 0.15) is 5.56 Å². The molecule has 1 amide bonds. The molecule has 1 aliphatic rings. The van der Waals surface area contributed by atoms with Crippen molar-refractivity contribution in [1.29, 1.82) is 0 Å². The van der Waals surface area contributed by atoms with Gasteiger partial charge in [0, 0.05) is 31.2 Å². The topological polar surface area (TPSA) is 53.4 Å².